The minimum absolute atomic E-state index is 0.0177. The first kappa shape index (κ1) is 27.5. The first-order valence-corrected chi connectivity index (χ1v) is 12.8. The molecule has 3 aliphatic carbocycles. The van der Waals surface area contributed by atoms with E-state index in [2.05, 4.69) is 5.32 Å². The number of aliphatic hydroxyl groups is 3. The number of primary amides is 1. The predicted octanol–water partition coefficient (Wildman–Crippen LogP) is 1.39. The second-order valence-electron chi connectivity index (χ2n) is 10.8. The van der Waals surface area contributed by atoms with Gasteiger partial charge in [-0.05, 0) is 67.7 Å². The number of benzene rings is 2. The monoisotopic (exact) mass is 551 g/mol. The third-order valence-electron chi connectivity index (χ3n) is 8.26. The molecule has 40 heavy (non-hydrogen) atoms. The number of likely N-dealkylation sites (N-methyl/N-ethyl adjacent to an activating group) is 1. The van der Waals surface area contributed by atoms with Crippen molar-refractivity contribution < 1.29 is 39.2 Å². The highest BCUT2D eigenvalue weighted by atomic mass is 19.1. The van der Waals surface area contributed by atoms with E-state index < -0.39 is 58.0 Å². The molecule has 4 atom stereocenters. The lowest BCUT2D eigenvalue weighted by Crippen LogP contribution is -2.65. The zero-order valence-electron chi connectivity index (χ0n) is 21.9. The summed E-state index contributed by atoms with van der Waals surface area (Å²) in [6, 6.07) is 7.99. The van der Waals surface area contributed by atoms with E-state index >= 15 is 0 Å². The summed E-state index contributed by atoms with van der Waals surface area (Å²) in [4.78, 5) is 40.6. The number of nitrogens with two attached hydrogens (primary N) is 1. The summed E-state index contributed by atoms with van der Waals surface area (Å²) < 4.78 is 13.2. The van der Waals surface area contributed by atoms with E-state index in [9.17, 15) is 39.2 Å². The number of aromatic hydroxyl groups is 1. The molecule has 5 rings (SSSR count). The number of Topliss-reactive ketones (excluding diaryl/α,β-unsaturated/α-hetero) is 2. The van der Waals surface area contributed by atoms with Gasteiger partial charge in [-0.2, -0.15) is 0 Å². The summed E-state index contributed by atoms with van der Waals surface area (Å²) >= 11 is 0. The number of fused-ring (bicyclic) bond motifs is 3. The Labute approximate surface area is 229 Å². The Bertz CT molecular complexity index is 1500. The zero-order chi connectivity index (χ0) is 29.1. The third-order valence-corrected chi connectivity index (χ3v) is 8.26. The number of carbonyl (C=O) groups is 3. The van der Waals surface area contributed by atoms with E-state index in [0.717, 1.165) is 11.1 Å². The molecule has 0 saturated heterocycles. The lowest BCUT2D eigenvalue weighted by Gasteiger charge is -2.50. The topological polar surface area (TPSA) is 173 Å². The van der Waals surface area contributed by atoms with Crippen molar-refractivity contribution in [1.82, 2.24) is 10.2 Å². The maximum Gasteiger partial charge on any atom is 0.255 e. The van der Waals surface area contributed by atoms with E-state index in [1.165, 1.54) is 23.1 Å². The van der Waals surface area contributed by atoms with E-state index in [1.54, 1.807) is 32.3 Å². The number of phenols is 1. The first-order chi connectivity index (χ1) is 18.9. The molecule has 0 bridgehead atoms. The van der Waals surface area contributed by atoms with Crippen molar-refractivity contribution in [2.45, 2.75) is 37.6 Å². The molecule has 1 amide bonds. The number of amides is 1. The molecule has 0 aromatic heterocycles. The quantitative estimate of drug-likeness (QED) is 0.290. The molecule has 210 valence electrons. The minimum atomic E-state index is -2.67. The van der Waals surface area contributed by atoms with Gasteiger partial charge < -0.3 is 31.5 Å². The highest BCUT2D eigenvalue weighted by molar-refractivity contribution is 6.24. The van der Waals surface area contributed by atoms with Crippen molar-refractivity contribution in [3.8, 4) is 5.75 Å². The Morgan fingerprint density at radius 3 is 2.40 bits per heavy atom. The highest BCUT2D eigenvalue weighted by Crippen LogP contribution is 2.52. The van der Waals surface area contributed by atoms with Crippen molar-refractivity contribution in [3.63, 3.8) is 0 Å². The van der Waals surface area contributed by atoms with Gasteiger partial charge in [-0.15, -0.1) is 0 Å². The highest BCUT2D eigenvalue weighted by Gasteiger charge is 2.64. The standard InChI is InChI=1S/C29H30FN3O7/c1-33(2)23-18-10-15-9-17-14(12-32-11-13-3-6-16(30)7-4-13)5-8-19(34)21(17)24(35)20(15)26(37)29(18,40)27(38)22(25(23)36)28(31)39/h3-8,15,18,23,32,34-35,38,40H,9-12H2,1-2H3,(H2,31,39). The number of nitrogens with one attached hydrogen (secondary N) is 1. The number of hydrogen-bond donors (Lipinski definition) is 6. The van der Waals surface area contributed by atoms with Crippen LogP contribution in [0.3, 0.4) is 0 Å². The van der Waals surface area contributed by atoms with Crippen LogP contribution in [0.1, 0.15) is 28.7 Å². The van der Waals surface area contributed by atoms with Crippen molar-refractivity contribution in [2.75, 3.05) is 14.1 Å². The Morgan fingerprint density at radius 2 is 1.77 bits per heavy atom. The Kier molecular flexibility index (Phi) is 6.77. The molecule has 2 aromatic carbocycles. The van der Waals surface area contributed by atoms with E-state index in [1.807, 2.05) is 0 Å². The summed E-state index contributed by atoms with van der Waals surface area (Å²) in [5.74, 6) is -7.18. The molecule has 7 N–H and O–H groups in total. The van der Waals surface area contributed by atoms with Gasteiger partial charge in [0.25, 0.3) is 5.91 Å². The van der Waals surface area contributed by atoms with Crippen LogP contribution in [0.4, 0.5) is 4.39 Å². The van der Waals surface area contributed by atoms with Crippen LogP contribution in [0.15, 0.2) is 53.3 Å². The molecule has 3 aliphatic rings. The Balaban J connectivity index is 1.56. The molecule has 0 heterocycles. The molecule has 1 saturated carbocycles. The summed E-state index contributed by atoms with van der Waals surface area (Å²) in [5, 5.41) is 47.8. The number of ketones is 2. The zero-order valence-corrected chi connectivity index (χ0v) is 21.9. The number of phenolic OH excluding ortho intramolecular Hbond substituents is 1. The lowest BCUT2D eigenvalue weighted by molar-refractivity contribution is -0.153. The summed E-state index contributed by atoms with van der Waals surface area (Å²) in [6.07, 6.45) is 0.223. The molecule has 0 radical (unpaired) electrons. The lowest BCUT2D eigenvalue weighted by atomic mass is 9.57. The van der Waals surface area contributed by atoms with Crippen molar-refractivity contribution in [2.24, 2.45) is 17.6 Å². The van der Waals surface area contributed by atoms with Crippen LogP contribution in [-0.2, 0) is 33.9 Å². The van der Waals surface area contributed by atoms with E-state index in [4.69, 9.17) is 5.73 Å². The fourth-order valence-electron chi connectivity index (χ4n) is 6.42. The van der Waals surface area contributed by atoms with Gasteiger partial charge in [-0.3, -0.25) is 19.3 Å². The summed E-state index contributed by atoms with van der Waals surface area (Å²) in [7, 11) is 3.10. The SMILES string of the molecule is CN(C)C1C(=O)C(C(N)=O)=C(O)C2(O)C(=O)C3=C(O)c4c(O)ccc(CNCc5ccc(F)cc5)c4CC3CC12. The van der Waals surface area contributed by atoms with Crippen LogP contribution in [0, 0.1) is 17.7 Å². The summed E-state index contributed by atoms with van der Waals surface area (Å²) in [6.45, 7) is 0.765. The van der Waals surface area contributed by atoms with E-state index in [0.29, 0.717) is 18.7 Å². The average Bonchev–Trinajstić information content (AvgIpc) is 2.88. The van der Waals surface area contributed by atoms with Crippen LogP contribution >= 0.6 is 0 Å². The minimum Gasteiger partial charge on any atom is -0.508 e. The molecule has 10 nitrogen and oxygen atoms in total. The normalized spacial score (nSPS) is 26.1. The fourth-order valence-corrected chi connectivity index (χ4v) is 6.42. The Hall–Kier alpha value is -4.06. The van der Waals surface area contributed by atoms with Crippen LogP contribution in [0.2, 0.25) is 0 Å². The summed E-state index contributed by atoms with van der Waals surface area (Å²) in [5.41, 5.74) is 3.87. The van der Waals surface area contributed by atoms with Gasteiger partial charge in [0.1, 0.15) is 28.7 Å². The second-order valence-corrected chi connectivity index (χ2v) is 10.8. The average molecular weight is 552 g/mol. The van der Waals surface area contributed by atoms with Gasteiger partial charge in [0.05, 0.1) is 11.6 Å². The van der Waals surface area contributed by atoms with Gasteiger partial charge >= 0.3 is 0 Å². The predicted molar refractivity (Wildman–Crippen MR) is 141 cm³/mol. The van der Waals surface area contributed by atoms with Gasteiger partial charge in [-0.25, -0.2) is 4.39 Å². The van der Waals surface area contributed by atoms with Gasteiger partial charge in [0, 0.05) is 24.6 Å². The number of hydrogen-bond acceptors (Lipinski definition) is 9. The molecular weight excluding hydrogens is 521 g/mol. The number of carbonyl (C=O) groups excluding carboxylic acids is 3. The van der Waals surface area contributed by atoms with Crippen LogP contribution < -0.4 is 11.1 Å². The first-order valence-electron chi connectivity index (χ1n) is 12.8. The second kappa shape index (κ2) is 9.84. The maximum atomic E-state index is 13.9. The van der Waals surface area contributed by atoms with Gasteiger partial charge in [0.2, 0.25) is 5.78 Å². The molecule has 1 fully saturated rings. The molecule has 0 aliphatic heterocycles. The molecule has 2 aromatic rings. The molecule has 0 spiro atoms. The van der Waals surface area contributed by atoms with Gasteiger partial charge in [-0.1, -0.05) is 18.2 Å². The van der Waals surface area contributed by atoms with Crippen molar-refractivity contribution >= 4 is 23.2 Å². The van der Waals surface area contributed by atoms with Crippen LogP contribution in [0.25, 0.3) is 5.76 Å². The van der Waals surface area contributed by atoms with Gasteiger partial charge in [0.15, 0.2) is 11.4 Å². The van der Waals surface area contributed by atoms with E-state index in [-0.39, 0.29) is 35.5 Å². The third kappa shape index (κ3) is 4.09. The smallest absolute Gasteiger partial charge is 0.255 e. The van der Waals surface area contributed by atoms with Crippen LogP contribution in [-0.4, -0.2) is 68.5 Å². The number of halogens is 1. The van der Waals surface area contributed by atoms with Crippen LogP contribution in [0.5, 0.6) is 5.75 Å². The Morgan fingerprint density at radius 1 is 1.10 bits per heavy atom. The largest absolute Gasteiger partial charge is 0.508 e. The molecule has 4 unspecified atom stereocenters. The number of nitrogens with zero attached hydrogens (tertiary/aromatic N) is 1. The van der Waals surface area contributed by atoms with Crippen molar-refractivity contribution in [1.29, 1.82) is 0 Å². The molecule has 11 heteroatoms. The molecular formula is C29H30FN3O7. The maximum absolute atomic E-state index is 13.9. The fraction of sp³-hybridized carbons (Fsp3) is 0.345. The number of rotatable bonds is 6. The number of aliphatic hydroxyl groups excluding tert-OH is 2. The van der Waals surface area contributed by atoms with Crippen molar-refractivity contribution in [3.05, 3.63) is 81.4 Å².